The van der Waals surface area contributed by atoms with Crippen molar-refractivity contribution < 1.29 is 4.74 Å². The van der Waals surface area contributed by atoms with Gasteiger partial charge in [0.1, 0.15) is 12.8 Å². The highest BCUT2D eigenvalue weighted by Gasteiger charge is 1.96. The molecule has 0 aliphatic heterocycles. The molecule has 0 saturated carbocycles. The first-order valence-corrected chi connectivity index (χ1v) is 4.62. The zero-order valence-electron chi connectivity index (χ0n) is 6.88. The minimum Gasteiger partial charge on any atom is -0.471 e. The molecule has 0 amide bonds. The molecule has 0 aliphatic rings. The van der Waals surface area contributed by atoms with Crippen LogP contribution in [0.3, 0.4) is 0 Å². The maximum atomic E-state index is 5.37. The van der Waals surface area contributed by atoms with Crippen molar-refractivity contribution in [2.24, 2.45) is 0 Å². The SMILES string of the molecule is c1ccc(COc2cnsn2)cc1. The predicted molar refractivity (Wildman–Crippen MR) is 50.7 cm³/mol. The molecule has 0 aliphatic carbocycles. The van der Waals surface area contributed by atoms with Gasteiger partial charge < -0.3 is 4.74 Å². The molecular weight excluding hydrogens is 184 g/mol. The molecule has 1 aromatic carbocycles. The first-order valence-electron chi connectivity index (χ1n) is 3.89. The van der Waals surface area contributed by atoms with Crippen LogP contribution in [0, 0.1) is 0 Å². The third kappa shape index (κ3) is 2.26. The van der Waals surface area contributed by atoms with Crippen molar-refractivity contribution in [3.8, 4) is 5.88 Å². The molecule has 0 bridgehead atoms. The Morgan fingerprint density at radius 1 is 1.23 bits per heavy atom. The Hall–Kier alpha value is -1.42. The molecule has 2 rings (SSSR count). The highest BCUT2D eigenvalue weighted by molar-refractivity contribution is 6.99. The molecule has 4 heteroatoms. The Bertz CT molecular complexity index is 347. The van der Waals surface area contributed by atoms with Crippen molar-refractivity contribution in [1.29, 1.82) is 0 Å². The van der Waals surface area contributed by atoms with Crippen LogP contribution < -0.4 is 4.74 Å². The Morgan fingerprint density at radius 3 is 2.77 bits per heavy atom. The van der Waals surface area contributed by atoms with Gasteiger partial charge in [0.25, 0.3) is 0 Å². The maximum Gasteiger partial charge on any atom is 0.246 e. The molecule has 3 nitrogen and oxygen atoms in total. The quantitative estimate of drug-likeness (QED) is 0.747. The zero-order valence-corrected chi connectivity index (χ0v) is 7.70. The van der Waals surface area contributed by atoms with Crippen LogP contribution in [-0.2, 0) is 6.61 Å². The summed E-state index contributed by atoms with van der Waals surface area (Å²) in [6.07, 6.45) is 1.62. The maximum absolute atomic E-state index is 5.37. The number of nitrogens with zero attached hydrogens (tertiary/aromatic N) is 2. The van der Waals surface area contributed by atoms with Gasteiger partial charge in [0.2, 0.25) is 5.88 Å². The molecule has 66 valence electrons. The molecule has 0 atom stereocenters. The van der Waals surface area contributed by atoms with Crippen molar-refractivity contribution in [3.63, 3.8) is 0 Å². The topological polar surface area (TPSA) is 35.0 Å². The molecule has 1 heterocycles. The standard InChI is InChI=1S/C9H8N2OS/c1-2-4-8(5-3-1)7-12-9-6-10-13-11-9/h1-6H,7H2. The fraction of sp³-hybridized carbons (Fsp3) is 0.111. The smallest absolute Gasteiger partial charge is 0.246 e. The van der Waals surface area contributed by atoms with Crippen LogP contribution >= 0.6 is 11.7 Å². The number of benzene rings is 1. The fourth-order valence-corrected chi connectivity index (χ4v) is 1.32. The third-order valence-electron chi connectivity index (χ3n) is 1.57. The van der Waals surface area contributed by atoms with Gasteiger partial charge in [0, 0.05) is 0 Å². The van der Waals surface area contributed by atoms with Crippen molar-refractivity contribution in [3.05, 3.63) is 42.1 Å². The van der Waals surface area contributed by atoms with Crippen molar-refractivity contribution in [2.45, 2.75) is 6.61 Å². The van der Waals surface area contributed by atoms with E-state index in [0.29, 0.717) is 12.5 Å². The lowest BCUT2D eigenvalue weighted by Crippen LogP contribution is -1.94. The van der Waals surface area contributed by atoms with Crippen LogP contribution in [0.25, 0.3) is 0 Å². The van der Waals surface area contributed by atoms with Gasteiger partial charge >= 0.3 is 0 Å². The highest BCUT2D eigenvalue weighted by Crippen LogP contribution is 2.08. The number of ether oxygens (including phenoxy) is 1. The highest BCUT2D eigenvalue weighted by atomic mass is 32.1. The second kappa shape index (κ2) is 4.00. The Morgan fingerprint density at radius 2 is 2.08 bits per heavy atom. The Kier molecular flexibility index (Phi) is 2.52. The summed E-state index contributed by atoms with van der Waals surface area (Å²) in [7, 11) is 0. The fourth-order valence-electron chi connectivity index (χ4n) is 0.951. The average molecular weight is 192 g/mol. The number of hydrogen-bond donors (Lipinski definition) is 0. The summed E-state index contributed by atoms with van der Waals surface area (Å²) >= 11 is 1.15. The molecule has 1 aromatic heterocycles. The first kappa shape index (κ1) is 8.19. The molecule has 0 fully saturated rings. The molecular formula is C9H8N2OS. The van der Waals surface area contributed by atoms with Crippen molar-refractivity contribution in [1.82, 2.24) is 8.75 Å². The second-order valence-corrected chi connectivity index (χ2v) is 3.08. The Labute approximate surface area is 80.3 Å². The normalized spacial score (nSPS) is 9.85. The monoisotopic (exact) mass is 192 g/mol. The largest absolute Gasteiger partial charge is 0.471 e. The lowest BCUT2D eigenvalue weighted by molar-refractivity contribution is 0.296. The summed E-state index contributed by atoms with van der Waals surface area (Å²) in [6, 6.07) is 9.98. The summed E-state index contributed by atoms with van der Waals surface area (Å²) in [4.78, 5) is 0. The minimum atomic E-state index is 0.548. The van der Waals surface area contributed by atoms with E-state index in [1.807, 2.05) is 30.3 Å². The first-order chi connectivity index (χ1) is 6.45. The van der Waals surface area contributed by atoms with Crippen molar-refractivity contribution in [2.75, 3.05) is 0 Å². The van der Waals surface area contributed by atoms with E-state index in [2.05, 4.69) is 8.75 Å². The van der Waals surface area contributed by atoms with Crippen LogP contribution in [-0.4, -0.2) is 8.75 Å². The molecule has 0 N–H and O–H groups in total. The molecule has 2 aromatic rings. The number of aromatic nitrogens is 2. The van der Waals surface area contributed by atoms with Gasteiger partial charge in [-0.25, -0.2) is 0 Å². The van der Waals surface area contributed by atoms with Crippen LogP contribution in [0.2, 0.25) is 0 Å². The number of rotatable bonds is 3. The predicted octanol–water partition coefficient (Wildman–Crippen LogP) is 2.12. The number of hydrogen-bond acceptors (Lipinski definition) is 4. The van der Waals surface area contributed by atoms with Crippen LogP contribution in [0.1, 0.15) is 5.56 Å². The summed E-state index contributed by atoms with van der Waals surface area (Å²) in [5.41, 5.74) is 1.13. The second-order valence-electron chi connectivity index (χ2n) is 2.52. The van der Waals surface area contributed by atoms with Gasteiger partial charge in [0.15, 0.2) is 0 Å². The summed E-state index contributed by atoms with van der Waals surface area (Å²) in [5, 5.41) is 0. The molecule has 0 saturated heterocycles. The summed E-state index contributed by atoms with van der Waals surface area (Å²) < 4.78 is 13.1. The van der Waals surface area contributed by atoms with E-state index < -0.39 is 0 Å². The average Bonchev–Trinajstić information content (AvgIpc) is 2.69. The minimum absolute atomic E-state index is 0.548. The van der Waals surface area contributed by atoms with E-state index in [9.17, 15) is 0 Å². The van der Waals surface area contributed by atoms with Crippen LogP contribution in [0.5, 0.6) is 5.88 Å². The molecule has 13 heavy (non-hydrogen) atoms. The van der Waals surface area contributed by atoms with Gasteiger partial charge in [0.05, 0.1) is 11.7 Å². The van der Waals surface area contributed by atoms with E-state index in [-0.39, 0.29) is 0 Å². The van der Waals surface area contributed by atoms with Gasteiger partial charge in [-0.05, 0) is 5.56 Å². The lowest BCUT2D eigenvalue weighted by Gasteiger charge is -2.00. The van der Waals surface area contributed by atoms with Crippen LogP contribution in [0.4, 0.5) is 0 Å². The Balaban J connectivity index is 1.94. The summed E-state index contributed by atoms with van der Waals surface area (Å²) in [6.45, 7) is 0.548. The van der Waals surface area contributed by atoms with Gasteiger partial charge in [-0.15, -0.1) is 4.37 Å². The summed E-state index contributed by atoms with van der Waals surface area (Å²) in [5.74, 6) is 0.592. The molecule has 0 radical (unpaired) electrons. The zero-order chi connectivity index (χ0) is 8.93. The van der Waals surface area contributed by atoms with E-state index in [1.165, 1.54) is 0 Å². The molecule has 0 spiro atoms. The van der Waals surface area contributed by atoms with Gasteiger partial charge in [-0.1, -0.05) is 30.3 Å². The van der Waals surface area contributed by atoms with Gasteiger partial charge in [-0.2, -0.15) is 4.37 Å². The molecule has 0 unspecified atom stereocenters. The van der Waals surface area contributed by atoms with E-state index in [4.69, 9.17) is 4.74 Å². The lowest BCUT2D eigenvalue weighted by atomic mass is 10.2. The van der Waals surface area contributed by atoms with Gasteiger partial charge in [-0.3, -0.25) is 0 Å². The van der Waals surface area contributed by atoms with Crippen LogP contribution in [0.15, 0.2) is 36.5 Å². The van der Waals surface area contributed by atoms with E-state index >= 15 is 0 Å². The van der Waals surface area contributed by atoms with Crippen molar-refractivity contribution >= 4 is 11.7 Å². The van der Waals surface area contributed by atoms with E-state index in [0.717, 1.165) is 17.3 Å². The van der Waals surface area contributed by atoms with E-state index in [1.54, 1.807) is 6.20 Å². The third-order valence-corrected chi connectivity index (χ3v) is 2.03.